The molecule has 0 fully saturated rings. The maximum atomic E-state index is 11.9. The first-order chi connectivity index (χ1) is 9.36. The first kappa shape index (κ1) is 19.6. The second-order valence-corrected chi connectivity index (χ2v) is 4.70. The van der Waals surface area contributed by atoms with E-state index in [0.29, 0.717) is 10.6 Å². The summed E-state index contributed by atoms with van der Waals surface area (Å²) in [6.45, 7) is 0.239. The molecule has 7 nitrogen and oxygen atoms in total. The van der Waals surface area contributed by atoms with Crippen LogP contribution in [0.1, 0.15) is 5.56 Å². The van der Waals surface area contributed by atoms with Gasteiger partial charge in [0.25, 0.3) is 5.69 Å². The number of non-ortho nitro benzene ring substituents is 1. The van der Waals surface area contributed by atoms with Crippen LogP contribution in [0.15, 0.2) is 18.2 Å². The number of benzene rings is 1. The molecule has 118 valence electrons. The van der Waals surface area contributed by atoms with E-state index in [9.17, 15) is 14.9 Å². The fourth-order valence-corrected chi connectivity index (χ4v) is 1.84. The Morgan fingerprint density at radius 1 is 1.57 bits per heavy atom. The van der Waals surface area contributed by atoms with Crippen LogP contribution in [0.25, 0.3) is 0 Å². The smallest absolute Gasteiger partial charge is 0.269 e. The molecule has 1 aromatic rings. The predicted molar refractivity (Wildman–Crippen MR) is 81.7 cm³/mol. The zero-order valence-electron chi connectivity index (χ0n) is 11.6. The standard InChI is InChI=1S/C12H16ClN3O4.ClH/c1-15(12(17)11(14)7-20-2)6-8-5-9(16(18)19)3-4-10(8)13;/h3-5,11H,6-7,14H2,1-2H3;1H. The van der Waals surface area contributed by atoms with Gasteiger partial charge in [-0.05, 0) is 11.6 Å². The van der Waals surface area contributed by atoms with Crippen molar-refractivity contribution in [3.05, 3.63) is 38.9 Å². The number of carbonyl (C=O) groups is 1. The van der Waals surface area contributed by atoms with Crippen molar-refractivity contribution in [2.45, 2.75) is 12.6 Å². The van der Waals surface area contributed by atoms with Gasteiger partial charge in [-0.25, -0.2) is 0 Å². The molecule has 0 aliphatic rings. The van der Waals surface area contributed by atoms with Crippen LogP contribution in [-0.2, 0) is 16.1 Å². The number of ether oxygens (including phenoxy) is 1. The van der Waals surface area contributed by atoms with E-state index in [0.717, 1.165) is 0 Å². The molecule has 0 aliphatic heterocycles. The highest BCUT2D eigenvalue weighted by Gasteiger charge is 2.19. The summed E-state index contributed by atoms with van der Waals surface area (Å²) in [6, 6.07) is 3.31. The molecule has 0 saturated carbocycles. The monoisotopic (exact) mass is 337 g/mol. The van der Waals surface area contributed by atoms with Crippen LogP contribution < -0.4 is 5.73 Å². The van der Waals surface area contributed by atoms with Crippen molar-refractivity contribution in [1.29, 1.82) is 0 Å². The minimum atomic E-state index is -0.775. The maximum absolute atomic E-state index is 11.9. The summed E-state index contributed by atoms with van der Waals surface area (Å²) < 4.78 is 4.81. The fourth-order valence-electron chi connectivity index (χ4n) is 1.66. The molecule has 0 aromatic heterocycles. The first-order valence-corrected chi connectivity index (χ1v) is 6.17. The average Bonchev–Trinajstić information content (AvgIpc) is 2.40. The van der Waals surface area contributed by atoms with Gasteiger partial charge in [0.05, 0.1) is 11.5 Å². The first-order valence-electron chi connectivity index (χ1n) is 5.79. The van der Waals surface area contributed by atoms with E-state index in [1.807, 2.05) is 0 Å². The number of hydrogen-bond acceptors (Lipinski definition) is 5. The molecule has 9 heteroatoms. The molecule has 0 saturated heterocycles. The van der Waals surface area contributed by atoms with Crippen molar-refractivity contribution in [2.24, 2.45) is 5.73 Å². The van der Waals surface area contributed by atoms with Gasteiger partial charge >= 0.3 is 0 Å². The van der Waals surface area contributed by atoms with Gasteiger partial charge in [-0.1, -0.05) is 11.6 Å². The number of nitrogens with zero attached hydrogens (tertiary/aromatic N) is 2. The summed E-state index contributed by atoms with van der Waals surface area (Å²) >= 11 is 5.97. The van der Waals surface area contributed by atoms with Gasteiger partial charge in [0.15, 0.2) is 0 Å². The molecule has 0 heterocycles. The molecule has 1 atom stereocenters. The van der Waals surface area contributed by atoms with Gasteiger partial charge in [0.1, 0.15) is 6.04 Å². The van der Waals surface area contributed by atoms with Gasteiger partial charge < -0.3 is 15.4 Å². The average molecular weight is 338 g/mol. The molecule has 1 amide bonds. The zero-order valence-corrected chi connectivity index (χ0v) is 13.2. The minimum Gasteiger partial charge on any atom is -0.383 e. The number of carbonyl (C=O) groups excluding carboxylic acids is 1. The molecule has 2 N–H and O–H groups in total. The fraction of sp³-hybridized carbons (Fsp3) is 0.417. The summed E-state index contributed by atoms with van der Waals surface area (Å²) in [5.41, 5.74) is 6.05. The Bertz CT molecular complexity index is 513. The number of hydrogen-bond donors (Lipinski definition) is 1. The molecule has 1 aromatic carbocycles. The number of methoxy groups -OCH3 is 1. The third kappa shape index (κ3) is 5.47. The molecule has 0 aliphatic carbocycles. The van der Waals surface area contributed by atoms with Crippen LogP contribution in [0.2, 0.25) is 5.02 Å². The Hall–Kier alpha value is -1.41. The topological polar surface area (TPSA) is 98.7 Å². The number of nitro benzene ring substituents is 1. The highest BCUT2D eigenvalue weighted by atomic mass is 35.5. The van der Waals surface area contributed by atoms with Crippen molar-refractivity contribution in [1.82, 2.24) is 4.90 Å². The van der Waals surface area contributed by atoms with E-state index in [1.165, 1.54) is 30.2 Å². The second-order valence-electron chi connectivity index (χ2n) is 4.29. The summed E-state index contributed by atoms with van der Waals surface area (Å²) in [4.78, 5) is 23.5. The van der Waals surface area contributed by atoms with E-state index in [-0.39, 0.29) is 37.2 Å². The Kier molecular flexibility index (Phi) is 8.19. The van der Waals surface area contributed by atoms with Gasteiger partial charge in [0, 0.05) is 37.9 Å². The molecule has 1 unspecified atom stereocenters. The predicted octanol–water partition coefficient (Wildman–Crippen LogP) is 1.60. The normalized spacial score (nSPS) is 11.4. The van der Waals surface area contributed by atoms with Gasteiger partial charge in [-0.2, -0.15) is 0 Å². The van der Waals surface area contributed by atoms with Gasteiger partial charge in [0.2, 0.25) is 5.91 Å². The maximum Gasteiger partial charge on any atom is 0.269 e. The molecule has 0 radical (unpaired) electrons. The van der Waals surface area contributed by atoms with Crippen molar-refractivity contribution in [2.75, 3.05) is 20.8 Å². The Balaban J connectivity index is 0.00000400. The highest BCUT2D eigenvalue weighted by Crippen LogP contribution is 2.23. The Morgan fingerprint density at radius 2 is 2.19 bits per heavy atom. The van der Waals surface area contributed by atoms with Crippen molar-refractivity contribution in [3.63, 3.8) is 0 Å². The van der Waals surface area contributed by atoms with Gasteiger partial charge in [-0.3, -0.25) is 14.9 Å². The molecule has 21 heavy (non-hydrogen) atoms. The van der Waals surface area contributed by atoms with Crippen molar-refractivity contribution < 1.29 is 14.5 Å². The molecule has 0 bridgehead atoms. The Labute approximate surface area is 133 Å². The van der Waals surface area contributed by atoms with E-state index < -0.39 is 11.0 Å². The molecule has 0 spiro atoms. The third-order valence-electron chi connectivity index (χ3n) is 2.69. The van der Waals surface area contributed by atoms with Crippen LogP contribution in [0.5, 0.6) is 0 Å². The summed E-state index contributed by atoms with van der Waals surface area (Å²) in [5.74, 6) is -0.325. The van der Waals surface area contributed by atoms with Gasteiger partial charge in [-0.15, -0.1) is 12.4 Å². The van der Waals surface area contributed by atoms with E-state index >= 15 is 0 Å². The summed E-state index contributed by atoms with van der Waals surface area (Å²) in [7, 11) is 3.00. The van der Waals surface area contributed by atoms with Crippen molar-refractivity contribution in [3.8, 4) is 0 Å². The van der Waals surface area contributed by atoms with E-state index in [2.05, 4.69) is 0 Å². The second kappa shape index (κ2) is 8.78. The SMILES string of the molecule is COCC(N)C(=O)N(C)Cc1cc([N+](=O)[O-])ccc1Cl.Cl. The van der Waals surface area contributed by atoms with Crippen LogP contribution in [0.3, 0.4) is 0 Å². The highest BCUT2D eigenvalue weighted by molar-refractivity contribution is 6.31. The van der Waals surface area contributed by atoms with Crippen LogP contribution >= 0.6 is 24.0 Å². The molecular formula is C12H17Cl2N3O4. The number of likely N-dealkylation sites (N-methyl/N-ethyl adjacent to an activating group) is 1. The molecule has 1 rings (SSSR count). The van der Waals surface area contributed by atoms with Crippen LogP contribution in [-0.4, -0.2) is 42.5 Å². The number of nitrogens with two attached hydrogens (primary N) is 1. The van der Waals surface area contributed by atoms with Crippen LogP contribution in [0.4, 0.5) is 5.69 Å². The van der Waals surface area contributed by atoms with Crippen LogP contribution in [0, 0.1) is 10.1 Å². The Morgan fingerprint density at radius 3 is 2.71 bits per heavy atom. The lowest BCUT2D eigenvalue weighted by atomic mass is 10.1. The number of amides is 1. The lowest BCUT2D eigenvalue weighted by Gasteiger charge is -2.21. The number of halogens is 2. The minimum absolute atomic E-state index is 0. The number of nitro groups is 1. The van der Waals surface area contributed by atoms with E-state index in [4.69, 9.17) is 22.1 Å². The quantitative estimate of drug-likeness (QED) is 0.627. The number of rotatable bonds is 6. The lowest BCUT2D eigenvalue weighted by molar-refractivity contribution is -0.384. The zero-order chi connectivity index (χ0) is 15.3. The third-order valence-corrected chi connectivity index (χ3v) is 3.06. The van der Waals surface area contributed by atoms with E-state index in [1.54, 1.807) is 7.05 Å². The van der Waals surface area contributed by atoms with Crippen molar-refractivity contribution >= 4 is 35.6 Å². The molecular weight excluding hydrogens is 321 g/mol. The summed E-state index contributed by atoms with van der Waals surface area (Å²) in [5, 5.41) is 11.1. The lowest BCUT2D eigenvalue weighted by Crippen LogP contribution is -2.44. The largest absolute Gasteiger partial charge is 0.383 e. The summed E-state index contributed by atoms with van der Waals surface area (Å²) in [6.07, 6.45) is 0.